The van der Waals surface area contributed by atoms with Gasteiger partial charge >= 0.3 is 0 Å². The number of aryl methyl sites for hydroxylation is 1. The second-order valence-electron chi connectivity index (χ2n) is 7.16. The lowest BCUT2D eigenvalue weighted by atomic mass is 10.1. The minimum atomic E-state index is -3.61. The first kappa shape index (κ1) is 22.2. The number of fused-ring (bicyclic) bond motifs is 1. The monoisotopic (exact) mass is 442 g/mol. The smallest absolute Gasteiger partial charge is 0.240 e. The molecule has 7 heteroatoms. The Morgan fingerprint density at radius 3 is 2.43 bits per heavy atom. The number of hydrogen-bond donors (Lipinski definition) is 1. The highest BCUT2D eigenvalue weighted by molar-refractivity contribution is 7.98. The van der Waals surface area contributed by atoms with Crippen LogP contribution in [0.3, 0.4) is 0 Å². The van der Waals surface area contributed by atoms with E-state index in [1.54, 1.807) is 23.9 Å². The first-order valence-electron chi connectivity index (χ1n) is 9.70. The quantitative estimate of drug-likeness (QED) is 0.510. The summed E-state index contributed by atoms with van der Waals surface area (Å²) in [6.07, 6.45) is 1.12. The van der Waals surface area contributed by atoms with Crippen LogP contribution in [-0.4, -0.2) is 39.4 Å². The summed E-state index contributed by atoms with van der Waals surface area (Å²) in [6.45, 7) is 2.31. The Morgan fingerprint density at radius 2 is 1.70 bits per heavy atom. The van der Waals surface area contributed by atoms with Crippen molar-refractivity contribution in [3.8, 4) is 0 Å². The number of rotatable bonds is 9. The molecule has 0 radical (unpaired) electrons. The van der Waals surface area contributed by atoms with Crippen LogP contribution in [0, 0.1) is 6.92 Å². The largest absolute Gasteiger partial charge is 0.354 e. The molecule has 0 unspecified atom stereocenters. The van der Waals surface area contributed by atoms with Gasteiger partial charge in [0.25, 0.3) is 0 Å². The van der Waals surface area contributed by atoms with Crippen LogP contribution >= 0.6 is 11.8 Å². The van der Waals surface area contributed by atoms with E-state index in [0.29, 0.717) is 12.2 Å². The average molecular weight is 443 g/mol. The molecular formula is C23H26N2O3S2. The van der Waals surface area contributed by atoms with Gasteiger partial charge < -0.3 is 5.32 Å². The molecule has 0 aliphatic carbocycles. The fraction of sp³-hybridized carbons (Fsp3) is 0.261. The number of benzene rings is 3. The third-order valence-corrected chi connectivity index (χ3v) is 6.84. The molecule has 158 valence electrons. The number of amides is 1. The van der Waals surface area contributed by atoms with E-state index < -0.39 is 10.0 Å². The van der Waals surface area contributed by atoms with E-state index in [1.807, 2.05) is 30.3 Å². The normalized spacial score (nSPS) is 11.4. The van der Waals surface area contributed by atoms with Gasteiger partial charge in [-0.15, -0.1) is 0 Å². The number of carbonyl (C=O) groups excluding carboxylic acids is 1. The van der Waals surface area contributed by atoms with Gasteiger partial charge in [0, 0.05) is 23.4 Å². The van der Waals surface area contributed by atoms with Crippen LogP contribution in [0.25, 0.3) is 10.8 Å². The summed E-state index contributed by atoms with van der Waals surface area (Å²) in [5.41, 5.74) is 2.99. The van der Waals surface area contributed by atoms with Gasteiger partial charge in [-0.1, -0.05) is 66.2 Å². The SMILES string of the molecule is Cc1ccc(CSCCNC(=O)CN(c2cccc3ccccc23)S(C)(=O)=O)cc1. The van der Waals surface area contributed by atoms with Crippen molar-refractivity contribution in [3.05, 3.63) is 77.9 Å². The molecule has 3 aromatic rings. The van der Waals surface area contributed by atoms with Crippen LogP contribution in [0.15, 0.2) is 66.7 Å². The third kappa shape index (κ3) is 6.00. The Bertz CT molecular complexity index is 1110. The van der Waals surface area contributed by atoms with E-state index in [4.69, 9.17) is 0 Å². The van der Waals surface area contributed by atoms with E-state index in [2.05, 4.69) is 36.5 Å². The van der Waals surface area contributed by atoms with Gasteiger partial charge in [0.1, 0.15) is 6.54 Å². The molecule has 1 N–H and O–H groups in total. The zero-order valence-corrected chi connectivity index (χ0v) is 18.8. The highest BCUT2D eigenvalue weighted by Crippen LogP contribution is 2.28. The van der Waals surface area contributed by atoms with Crippen LogP contribution in [0.2, 0.25) is 0 Å². The maximum absolute atomic E-state index is 12.5. The van der Waals surface area contributed by atoms with Crippen molar-refractivity contribution in [3.63, 3.8) is 0 Å². The molecule has 0 spiro atoms. The standard InChI is InChI=1S/C23H26N2O3S2/c1-18-10-12-19(13-11-18)17-29-15-14-24-23(26)16-25(30(2,27)28)22-9-5-7-20-6-3-4-8-21(20)22/h3-13H,14-17H2,1-2H3,(H,24,26). The average Bonchev–Trinajstić information content (AvgIpc) is 2.72. The molecule has 0 aliphatic rings. The molecule has 3 aromatic carbocycles. The number of nitrogens with zero attached hydrogens (tertiary/aromatic N) is 1. The van der Waals surface area contributed by atoms with Gasteiger partial charge in [-0.25, -0.2) is 8.42 Å². The van der Waals surface area contributed by atoms with Gasteiger partial charge in [-0.3, -0.25) is 9.10 Å². The maximum atomic E-state index is 12.5. The number of carbonyl (C=O) groups is 1. The number of hydrogen-bond acceptors (Lipinski definition) is 4. The maximum Gasteiger partial charge on any atom is 0.240 e. The van der Waals surface area contributed by atoms with Gasteiger partial charge in [0.05, 0.1) is 11.9 Å². The van der Waals surface area contributed by atoms with E-state index in [0.717, 1.165) is 28.5 Å². The predicted molar refractivity (Wildman–Crippen MR) is 126 cm³/mol. The Labute approximate surface area is 182 Å². The summed E-state index contributed by atoms with van der Waals surface area (Å²) in [6, 6.07) is 21.4. The molecule has 0 saturated heterocycles. The Hall–Kier alpha value is -2.51. The molecule has 0 bridgehead atoms. The molecule has 0 aliphatic heterocycles. The predicted octanol–water partition coefficient (Wildman–Crippen LogP) is 3.96. The van der Waals surface area contributed by atoms with E-state index in [-0.39, 0.29) is 12.5 Å². The highest BCUT2D eigenvalue weighted by Gasteiger charge is 2.22. The molecule has 0 fully saturated rings. The second kappa shape index (κ2) is 10.00. The summed E-state index contributed by atoms with van der Waals surface area (Å²) in [5.74, 6) is 1.32. The molecule has 5 nitrogen and oxygen atoms in total. The van der Waals surface area contributed by atoms with Gasteiger partial charge in [0.2, 0.25) is 15.9 Å². The van der Waals surface area contributed by atoms with Crippen LogP contribution in [0.1, 0.15) is 11.1 Å². The van der Waals surface area contributed by atoms with Crippen molar-refractivity contribution in [2.75, 3.05) is 29.4 Å². The summed E-state index contributed by atoms with van der Waals surface area (Å²) < 4.78 is 26.0. The first-order chi connectivity index (χ1) is 14.3. The number of anilines is 1. The lowest BCUT2D eigenvalue weighted by Gasteiger charge is -2.23. The topological polar surface area (TPSA) is 66.5 Å². The van der Waals surface area contributed by atoms with Gasteiger partial charge in [0.15, 0.2) is 0 Å². The van der Waals surface area contributed by atoms with E-state index in [9.17, 15) is 13.2 Å². The van der Waals surface area contributed by atoms with Crippen molar-refractivity contribution in [2.24, 2.45) is 0 Å². The molecule has 1 amide bonds. The zero-order chi connectivity index (χ0) is 21.6. The summed E-state index contributed by atoms with van der Waals surface area (Å²) in [4.78, 5) is 12.5. The fourth-order valence-electron chi connectivity index (χ4n) is 3.13. The number of nitrogens with one attached hydrogen (secondary N) is 1. The summed E-state index contributed by atoms with van der Waals surface area (Å²) >= 11 is 1.73. The zero-order valence-electron chi connectivity index (χ0n) is 17.2. The van der Waals surface area contributed by atoms with Crippen LogP contribution in [0.5, 0.6) is 0 Å². The van der Waals surface area contributed by atoms with Crippen LogP contribution in [-0.2, 0) is 20.6 Å². The molecule has 0 aromatic heterocycles. The third-order valence-electron chi connectivity index (χ3n) is 4.68. The number of thioether (sulfide) groups is 1. The molecule has 0 atom stereocenters. The van der Waals surface area contributed by atoms with Crippen molar-refractivity contribution < 1.29 is 13.2 Å². The van der Waals surface area contributed by atoms with E-state index >= 15 is 0 Å². The summed E-state index contributed by atoms with van der Waals surface area (Å²) in [5, 5.41) is 4.56. The second-order valence-corrected chi connectivity index (χ2v) is 10.2. The fourth-order valence-corrected chi connectivity index (χ4v) is 4.82. The Balaban J connectivity index is 1.57. The minimum absolute atomic E-state index is 0.241. The molecule has 3 rings (SSSR count). The van der Waals surface area contributed by atoms with Crippen LogP contribution < -0.4 is 9.62 Å². The van der Waals surface area contributed by atoms with Gasteiger partial charge in [-0.2, -0.15) is 11.8 Å². The molecule has 0 heterocycles. The molecule has 0 saturated carbocycles. The van der Waals surface area contributed by atoms with Crippen molar-refractivity contribution in [1.82, 2.24) is 5.32 Å². The Morgan fingerprint density at radius 1 is 1.00 bits per heavy atom. The van der Waals surface area contributed by atoms with Gasteiger partial charge in [-0.05, 0) is 23.9 Å². The lowest BCUT2D eigenvalue weighted by Crippen LogP contribution is -2.41. The summed E-state index contributed by atoms with van der Waals surface area (Å²) in [7, 11) is -3.61. The number of sulfonamides is 1. The van der Waals surface area contributed by atoms with E-state index in [1.165, 1.54) is 15.4 Å². The lowest BCUT2D eigenvalue weighted by molar-refractivity contribution is -0.119. The molecular weight excluding hydrogens is 416 g/mol. The first-order valence-corrected chi connectivity index (χ1v) is 12.7. The van der Waals surface area contributed by atoms with Crippen molar-refractivity contribution in [2.45, 2.75) is 12.7 Å². The minimum Gasteiger partial charge on any atom is -0.354 e. The molecule has 30 heavy (non-hydrogen) atoms. The van der Waals surface area contributed by atoms with Crippen LogP contribution in [0.4, 0.5) is 5.69 Å². The highest BCUT2D eigenvalue weighted by atomic mass is 32.2. The van der Waals surface area contributed by atoms with Crippen molar-refractivity contribution >= 4 is 44.2 Å². The Kier molecular flexibility index (Phi) is 7.39. The van der Waals surface area contributed by atoms with Crippen molar-refractivity contribution in [1.29, 1.82) is 0 Å².